The Bertz CT molecular complexity index is 727. The van der Waals surface area contributed by atoms with Crippen molar-refractivity contribution in [1.29, 1.82) is 0 Å². The average Bonchev–Trinajstić information content (AvgIpc) is 2.97. The monoisotopic (exact) mass is 299 g/mol. The summed E-state index contributed by atoms with van der Waals surface area (Å²) in [6.45, 7) is 0. The fourth-order valence-corrected chi connectivity index (χ4v) is 2.32. The Morgan fingerprint density at radius 3 is 2.52 bits per heavy atom. The molecule has 0 saturated carbocycles. The van der Waals surface area contributed by atoms with Gasteiger partial charge in [-0.3, -0.25) is 0 Å². The largest absolute Gasteiger partial charge is 0.339 e. The second-order valence-corrected chi connectivity index (χ2v) is 5.12. The van der Waals surface area contributed by atoms with Gasteiger partial charge in [-0.1, -0.05) is 59.2 Å². The lowest BCUT2D eigenvalue weighted by molar-refractivity contribution is 0.370. The number of nitrogens with two attached hydrogens (primary N) is 1. The molecule has 3 rings (SSSR count). The summed E-state index contributed by atoms with van der Waals surface area (Å²) in [5, 5.41) is 4.56. The van der Waals surface area contributed by atoms with Crippen molar-refractivity contribution in [3.63, 3.8) is 0 Å². The van der Waals surface area contributed by atoms with E-state index in [1.165, 1.54) is 0 Å². The molecule has 0 amide bonds. The highest BCUT2D eigenvalue weighted by atomic mass is 35.5. The highest BCUT2D eigenvalue weighted by Crippen LogP contribution is 2.25. The van der Waals surface area contributed by atoms with Crippen molar-refractivity contribution in [3.05, 3.63) is 71.1 Å². The van der Waals surface area contributed by atoms with Gasteiger partial charge in [-0.2, -0.15) is 4.98 Å². The van der Waals surface area contributed by atoms with Gasteiger partial charge in [0.05, 0.1) is 5.02 Å². The summed E-state index contributed by atoms with van der Waals surface area (Å²) in [4.78, 5) is 4.36. The van der Waals surface area contributed by atoms with Gasteiger partial charge in [-0.05, 0) is 17.7 Å². The number of aromatic nitrogens is 2. The van der Waals surface area contributed by atoms with Gasteiger partial charge < -0.3 is 10.3 Å². The molecule has 106 valence electrons. The van der Waals surface area contributed by atoms with Crippen LogP contribution in [0.1, 0.15) is 17.5 Å². The lowest BCUT2D eigenvalue weighted by atomic mass is 10.1. The summed E-state index contributed by atoms with van der Waals surface area (Å²) in [7, 11) is 0. The normalized spacial score (nSPS) is 12.3. The molecule has 1 atom stereocenters. The Kier molecular flexibility index (Phi) is 3.99. The van der Waals surface area contributed by atoms with Gasteiger partial charge in [-0.25, -0.2) is 0 Å². The smallest absolute Gasteiger partial charge is 0.228 e. The zero-order valence-corrected chi connectivity index (χ0v) is 12.0. The highest BCUT2D eigenvalue weighted by Gasteiger charge is 2.15. The van der Waals surface area contributed by atoms with Crippen LogP contribution in [0.25, 0.3) is 11.4 Å². The first-order valence-electron chi connectivity index (χ1n) is 6.62. The Hall–Kier alpha value is -2.17. The third kappa shape index (κ3) is 3.12. The van der Waals surface area contributed by atoms with E-state index >= 15 is 0 Å². The standard InChI is InChI=1S/C16H14ClN3O/c17-13-9-5-4-8-12(13)16-19-15(21-20-16)10-14(18)11-6-2-1-3-7-11/h1-9,14H,10,18H2. The van der Waals surface area contributed by atoms with Crippen molar-refractivity contribution >= 4 is 11.6 Å². The molecule has 21 heavy (non-hydrogen) atoms. The summed E-state index contributed by atoms with van der Waals surface area (Å²) in [5.74, 6) is 0.983. The molecule has 1 aromatic heterocycles. The van der Waals surface area contributed by atoms with E-state index in [1.54, 1.807) is 6.07 Å². The molecule has 0 bridgehead atoms. The van der Waals surface area contributed by atoms with E-state index in [0.29, 0.717) is 23.2 Å². The Balaban J connectivity index is 1.78. The van der Waals surface area contributed by atoms with E-state index in [1.807, 2.05) is 48.5 Å². The quantitative estimate of drug-likeness (QED) is 0.799. The van der Waals surface area contributed by atoms with Gasteiger partial charge in [0.15, 0.2) is 0 Å². The molecule has 0 radical (unpaired) electrons. The van der Waals surface area contributed by atoms with Crippen molar-refractivity contribution < 1.29 is 4.52 Å². The first kappa shape index (κ1) is 13.8. The minimum atomic E-state index is -0.175. The van der Waals surface area contributed by atoms with Crippen molar-refractivity contribution in [1.82, 2.24) is 10.1 Å². The van der Waals surface area contributed by atoms with E-state index < -0.39 is 0 Å². The van der Waals surface area contributed by atoms with Gasteiger partial charge in [0.1, 0.15) is 0 Å². The minimum absolute atomic E-state index is 0.175. The molecule has 3 aromatic rings. The Morgan fingerprint density at radius 1 is 1.05 bits per heavy atom. The summed E-state index contributed by atoms with van der Waals surface area (Å²) in [5.41, 5.74) is 7.94. The molecule has 2 N–H and O–H groups in total. The topological polar surface area (TPSA) is 64.9 Å². The predicted octanol–water partition coefficient (Wildman–Crippen LogP) is 3.63. The number of hydrogen-bond donors (Lipinski definition) is 1. The van der Waals surface area contributed by atoms with Gasteiger partial charge in [0.2, 0.25) is 11.7 Å². The number of halogens is 1. The molecule has 1 unspecified atom stereocenters. The molecule has 1 heterocycles. The van der Waals surface area contributed by atoms with Gasteiger partial charge in [0.25, 0.3) is 0 Å². The van der Waals surface area contributed by atoms with Crippen molar-refractivity contribution in [2.75, 3.05) is 0 Å². The summed E-state index contributed by atoms with van der Waals surface area (Å²) < 4.78 is 5.27. The molecule has 0 saturated heterocycles. The second kappa shape index (κ2) is 6.08. The molecule has 0 aliphatic heterocycles. The highest BCUT2D eigenvalue weighted by molar-refractivity contribution is 6.33. The van der Waals surface area contributed by atoms with Crippen LogP contribution in [0.3, 0.4) is 0 Å². The predicted molar refractivity (Wildman–Crippen MR) is 81.8 cm³/mol. The Morgan fingerprint density at radius 2 is 1.76 bits per heavy atom. The maximum absolute atomic E-state index is 6.15. The molecule has 2 aromatic carbocycles. The molecular formula is C16H14ClN3O. The molecule has 4 nitrogen and oxygen atoms in total. The number of hydrogen-bond acceptors (Lipinski definition) is 4. The second-order valence-electron chi connectivity index (χ2n) is 4.71. The number of nitrogens with zero attached hydrogens (tertiary/aromatic N) is 2. The van der Waals surface area contributed by atoms with E-state index in [9.17, 15) is 0 Å². The number of benzene rings is 2. The van der Waals surface area contributed by atoms with Crippen LogP contribution in [-0.2, 0) is 6.42 Å². The maximum atomic E-state index is 6.15. The molecule has 0 aliphatic rings. The molecule has 5 heteroatoms. The summed E-state index contributed by atoms with van der Waals surface area (Å²) >= 11 is 6.12. The van der Waals surface area contributed by atoms with Crippen LogP contribution >= 0.6 is 11.6 Å². The zero-order chi connectivity index (χ0) is 14.7. The first-order chi connectivity index (χ1) is 10.2. The SMILES string of the molecule is NC(Cc1nc(-c2ccccc2Cl)no1)c1ccccc1. The Labute approximate surface area is 127 Å². The van der Waals surface area contributed by atoms with Crippen molar-refractivity contribution in [2.45, 2.75) is 12.5 Å². The fraction of sp³-hybridized carbons (Fsp3) is 0.125. The lowest BCUT2D eigenvalue weighted by Crippen LogP contribution is -2.13. The van der Waals surface area contributed by atoms with E-state index in [4.69, 9.17) is 21.9 Å². The zero-order valence-electron chi connectivity index (χ0n) is 11.2. The van der Waals surface area contributed by atoms with Crippen LogP contribution in [0.5, 0.6) is 0 Å². The van der Waals surface area contributed by atoms with Crippen LogP contribution in [0.2, 0.25) is 5.02 Å². The molecule has 0 spiro atoms. The minimum Gasteiger partial charge on any atom is -0.339 e. The molecule has 0 fully saturated rings. The van der Waals surface area contributed by atoms with E-state index in [2.05, 4.69) is 10.1 Å². The maximum Gasteiger partial charge on any atom is 0.228 e. The third-order valence-electron chi connectivity index (χ3n) is 3.21. The third-order valence-corrected chi connectivity index (χ3v) is 3.53. The van der Waals surface area contributed by atoms with Crippen LogP contribution in [0.4, 0.5) is 0 Å². The van der Waals surface area contributed by atoms with E-state index in [0.717, 1.165) is 11.1 Å². The van der Waals surface area contributed by atoms with Crippen LogP contribution in [0, 0.1) is 0 Å². The average molecular weight is 300 g/mol. The molecular weight excluding hydrogens is 286 g/mol. The van der Waals surface area contributed by atoms with Crippen LogP contribution in [0.15, 0.2) is 59.1 Å². The lowest BCUT2D eigenvalue weighted by Gasteiger charge is -2.08. The molecule has 0 aliphatic carbocycles. The van der Waals surface area contributed by atoms with Crippen LogP contribution < -0.4 is 5.73 Å². The van der Waals surface area contributed by atoms with E-state index in [-0.39, 0.29) is 6.04 Å². The van der Waals surface area contributed by atoms with Crippen molar-refractivity contribution in [3.8, 4) is 11.4 Å². The summed E-state index contributed by atoms with van der Waals surface area (Å²) in [6.07, 6.45) is 0.488. The van der Waals surface area contributed by atoms with Crippen molar-refractivity contribution in [2.24, 2.45) is 5.73 Å². The first-order valence-corrected chi connectivity index (χ1v) is 7.00. The van der Waals surface area contributed by atoms with Gasteiger partial charge in [-0.15, -0.1) is 0 Å². The van der Waals surface area contributed by atoms with Gasteiger partial charge >= 0.3 is 0 Å². The van der Waals surface area contributed by atoms with Crippen LogP contribution in [-0.4, -0.2) is 10.1 Å². The fourth-order valence-electron chi connectivity index (χ4n) is 2.10. The van der Waals surface area contributed by atoms with Gasteiger partial charge in [0, 0.05) is 18.0 Å². The summed E-state index contributed by atoms with van der Waals surface area (Å²) in [6, 6.07) is 17.0. The number of rotatable bonds is 4.